The highest BCUT2D eigenvalue weighted by atomic mass is 16.1. The van der Waals surface area contributed by atoms with Gasteiger partial charge in [-0.1, -0.05) is 18.2 Å². The van der Waals surface area contributed by atoms with Gasteiger partial charge in [0.25, 0.3) is 0 Å². The monoisotopic (exact) mass is 205 g/mol. The first-order valence-corrected chi connectivity index (χ1v) is 5.28. The molecule has 0 saturated heterocycles. The van der Waals surface area contributed by atoms with Crippen molar-refractivity contribution in [1.29, 1.82) is 0 Å². The van der Waals surface area contributed by atoms with Crippen LogP contribution in [0, 0.1) is 13.8 Å². The number of benzene rings is 1. The first kappa shape index (κ1) is 11.8. The second-order valence-corrected chi connectivity index (χ2v) is 4.24. The lowest BCUT2D eigenvalue weighted by Gasteiger charge is -2.20. The van der Waals surface area contributed by atoms with Crippen molar-refractivity contribution in [2.75, 3.05) is 7.05 Å². The molecule has 0 aromatic heterocycles. The van der Waals surface area contributed by atoms with Crippen LogP contribution in [-0.4, -0.2) is 24.4 Å². The second kappa shape index (κ2) is 4.96. The topological polar surface area (TPSA) is 20.3 Å². The first-order chi connectivity index (χ1) is 7.04. The van der Waals surface area contributed by atoms with Gasteiger partial charge in [0.1, 0.15) is 0 Å². The van der Waals surface area contributed by atoms with Crippen LogP contribution in [0.25, 0.3) is 0 Å². The van der Waals surface area contributed by atoms with Gasteiger partial charge in [-0.15, -0.1) is 0 Å². The molecule has 2 nitrogen and oxygen atoms in total. The fourth-order valence-electron chi connectivity index (χ4n) is 1.52. The third kappa shape index (κ3) is 3.08. The van der Waals surface area contributed by atoms with Crippen LogP contribution in [0.5, 0.6) is 0 Å². The molecule has 1 aromatic rings. The van der Waals surface area contributed by atoms with Crippen LogP contribution in [0.3, 0.4) is 0 Å². The van der Waals surface area contributed by atoms with E-state index < -0.39 is 0 Å². The van der Waals surface area contributed by atoms with Gasteiger partial charge in [0, 0.05) is 13.1 Å². The Morgan fingerprint density at radius 3 is 2.53 bits per heavy atom. The van der Waals surface area contributed by atoms with E-state index in [2.05, 4.69) is 39.0 Å². The van der Waals surface area contributed by atoms with Gasteiger partial charge in [-0.25, -0.2) is 0 Å². The molecular weight excluding hydrogens is 186 g/mol. The molecular formula is C13H19NO. The van der Waals surface area contributed by atoms with E-state index in [1.165, 1.54) is 16.7 Å². The number of nitrogens with zero attached hydrogens (tertiary/aromatic N) is 1. The number of amides is 1. The van der Waals surface area contributed by atoms with Crippen molar-refractivity contribution < 1.29 is 4.79 Å². The van der Waals surface area contributed by atoms with E-state index in [9.17, 15) is 4.79 Å². The largest absolute Gasteiger partial charge is 0.345 e. The molecule has 0 fully saturated rings. The van der Waals surface area contributed by atoms with Gasteiger partial charge in [-0.3, -0.25) is 4.79 Å². The van der Waals surface area contributed by atoms with Crippen LogP contribution >= 0.6 is 0 Å². The predicted octanol–water partition coefficient (Wildman–Crippen LogP) is 2.32. The van der Waals surface area contributed by atoms with Crippen molar-refractivity contribution in [3.8, 4) is 0 Å². The zero-order valence-corrected chi connectivity index (χ0v) is 9.95. The van der Waals surface area contributed by atoms with E-state index in [1.807, 2.05) is 7.05 Å². The Balaban J connectivity index is 2.72. The summed E-state index contributed by atoms with van der Waals surface area (Å²) in [6.45, 7) is 6.29. The van der Waals surface area contributed by atoms with Crippen LogP contribution in [0.15, 0.2) is 18.2 Å². The fourth-order valence-corrected chi connectivity index (χ4v) is 1.52. The molecule has 0 aliphatic carbocycles. The maximum Gasteiger partial charge on any atom is 0.209 e. The molecule has 0 heterocycles. The summed E-state index contributed by atoms with van der Waals surface area (Å²) in [7, 11) is 1.82. The Morgan fingerprint density at radius 1 is 1.33 bits per heavy atom. The van der Waals surface area contributed by atoms with Crippen molar-refractivity contribution >= 4 is 6.41 Å². The summed E-state index contributed by atoms with van der Waals surface area (Å²) >= 11 is 0. The molecule has 0 aliphatic heterocycles. The minimum atomic E-state index is 0.254. The highest BCUT2D eigenvalue weighted by Crippen LogP contribution is 2.12. The summed E-state index contributed by atoms with van der Waals surface area (Å²) in [5.41, 5.74) is 3.92. The average Bonchev–Trinajstić information content (AvgIpc) is 2.22. The number of hydrogen-bond acceptors (Lipinski definition) is 1. The van der Waals surface area contributed by atoms with Crippen LogP contribution in [0.4, 0.5) is 0 Å². The van der Waals surface area contributed by atoms with Crippen LogP contribution < -0.4 is 0 Å². The number of aryl methyl sites for hydroxylation is 2. The van der Waals surface area contributed by atoms with Gasteiger partial charge in [0.15, 0.2) is 0 Å². The molecule has 0 spiro atoms. The van der Waals surface area contributed by atoms with Crippen molar-refractivity contribution in [3.63, 3.8) is 0 Å². The molecule has 82 valence electrons. The lowest BCUT2D eigenvalue weighted by Crippen LogP contribution is -2.29. The van der Waals surface area contributed by atoms with Crippen molar-refractivity contribution in [1.82, 2.24) is 4.90 Å². The van der Waals surface area contributed by atoms with Gasteiger partial charge in [-0.05, 0) is 43.9 Å². The molecule has 0 radical (unpaired) electrons. The maximum absolute atomic E-state index is 10.6. The molecule has 1 unspecified atom stereocenters. The molecule has 0 saturated carbocycles. The van der Waals surface area contributed by atoms with E-state index in [4.69, 9.17) is 0 Å². The van der Waals surface area contributed by atoms with Crippen molar-refractivity contribution in [2.24, 2.45) is 0 Å². The summed E-state index contributed by atoms with van der Waals surface area (Å²) in [6, 6.07) is 6.73. The highest BCUT2D eigenvalue weighted by molar-refractivity contribution is 5.47. The van der Waals surface area contributed by atoms with Crippen LogP contribution in [0.2, 0.25) is 0 Å². The third-order valence-corrected chi connectivity index (χ3v) is 2.96. The Hall–Kier alpha value is -1.31. The first-order valence-electron chi connectivity index (χ1n) is 5.28. The molecule has 15 heavy (non-hydrogen) atoms. The Bertz CT molecular complexity index is 346. The second-order valence-electron chi connectivity index (χ2n) is 4.24. The lowest BCUT2D eigenvalue weighted by molar-refractivity contribution is -0.118. The summed E-state index contributed by atoms with van der Waals surface area (Å²) in [4.78, 5) is 12.3. The van der Waals surface area contributed by atoms with E-state index >= 15 is 0 Å². The number of carbonyl (C=O) groups is 1. The SMILES string of the molecule is Cc1ccc(CC(C)N(C)C=O)cc1C. The van der Waals surface area contributed by atoms with Gasteiger partial charge < -0.3 is 4.90 Å². The third-order valence-electron chi connectivity index (χ3n) is 2.96. The standard InChI is InChI=1S/C13H19NO/c1-10-5-6-13(7-11(10)2)8-12(3)14(4)9-15/h5-7,9,12H,8H2,1-4H3. The normalized spacial score (nSPS) is 12.3. The van der Waals surface area contributed by atoms with Crippen molar-refractivity contribution in [3.05, 3.63) is 34.9 Å². The quantitative estimate of drug-likeness (QED) is 0.691. The maximum atomic E-state index is 10.6. The predicted molar refractivity (Wildman–Crippen MR) is 62.9 cm³/mol. The molecule has 0 N–H and O–H groups in total. The molecule has 0 bridgehead atoms. The summed E-state index contributed by atoms with van der Waals surface area (Å²) < 4.78 is 0. The summed E-state index contributed by atoms with van der Waals surface area (Å²) in [6.07, 6.45) is 1.79. The van der Waals surface area contributed by atoms with E-state index in [0.717, 1.165) is 12.8 Å². The van der Waals surface area contributed by atoms with Gasteiger partial charge in [0.05, 0.1) is 0 Å². The summed E-state index contributed by atoms with van der Waals surface area (Å²) in [5.74, 6) is 0. The van der Waals surface area contributed by atoms with Crippen LogP contribution in [-0.2, 0) is 11.2 Å². The van der Waals surface area contributed by atoms with E-state index in [0.29, 0.717) is 0 Å². The van der Waals surface area contributed by atoms with E-state index in [1.54, 1.807) is 4.90 Å². The minimum Gasteiger partial charge on any atom is -0.345 e. The average molecular weight is 205 g/mol. The van der Waals surface area contributed by atoms with Crippen molar-refractivity contribution in [2.45, 2.75) is 33.2 Å². The molecule has 1 amide bonds. The molecule has 1 atom stereocenters. The summed E-state index contributed by atoms with van der Waals surface area (Å²) in [5, 5.41) is 0. The number of hydrogen-bond donors (Lipinski definition) is 0. The van der Waals surface area contributed by atoms with Gasteiger partial charge in [0.2, 0.25) is 6.41 Å². The number of likely N-dealkylation sites (N-methyl/N-ethyl adjacent to an activating group) is 1. The Kier molecular flexibility index (Phi) is 3.89. The Morgan fingerprint density at radius 2 is 2.00 bits per heavy atom. The van der Waals surface area contributed by atoms with E-state index in [-0.39, 0.29) is 6.04 Å². The highest BCUT2D eigenvalue weighted by Gasteiger charge is 2.07. The zero-order valence-electron chi connectivity index (χ0n) is 9.95. The smallest absolute Gasteiger partial charge is 0.209 e. The Labute approximate surface area is 91.9 Å². The van der Waals surface area contributed by atoms with Gasteiger partial charge in [-0.2, -0.15) is 0 Å². The van der Waals surface area contributed by atoms with Gasteiger partial charge >= 0.3 is 0 Å². The number of rotatable bonds is 4. The molecule has 2 heteroatoms. The minimum absolute atomic E-state index is 0.254. The van der Waals surface area contributed by atoms with Crippen LogP contribution in [0.1, 0.15) is 23.6 Å². The molecule has 1 rings (SSSR count). The number of carbonyl (C=O) groups excluding carboxylic acids is 1. The molecule has 0 aliphatic rings. The molecule has 1 aromatic carbocycles. The zero-order chi connectivity index (χ0) is 11.4. The fraction of sp³-hybridized carbons (Fsp3) is 0.462. The lowest BCUT2D eigenvalue weighted by atomic mass is 10.0.